The van der Waals surface area contributed by atoms with E-state index >= 15 is 0 Å². The molecule has 0 unspecified atom stereocenters. The molecule has 2 aliphatic heterocycles. The lowest BCUT2D eigenvalue weighted by molar-refractivity contribution is -0.117. The van der Waals surface area contributed by atoms with Gasteiger partial charge in [-0.3, -0.25) is 19.5 Å². The maximum atomic E-state index is 12.8. The SMILES string of the molecule is CSN1CCC(SC(C)(C)C(=O)Nc2n[nH]c(C3=CC=COC=C3)n2)CC1. The van der Waals surface area contributed by atoms with E-state index in [0.717, 1.165) is 31.5 Å². The third kappa shape index (κ3) is 5.40. The predicted molar refractivity (Wildman–Crippen MR) is 112 cm³/mol. The van der Waals surface area contributed by atoms with E-state index in [4.69, 9.17) is 4.74 Å². The number of anilines is 1. The van der Waals surface area contributed by atoms with Crippen LogP contribution < -0.4 is 5.32 Å². The molecule has 1 fully saturated rings. The fourth-order valence-electron chi connectivity index (χ4n) is 2.86. The number of ether oxygens (including phenoxy) is 1. The van der Waals surface area contributed by atoms with Crippen LogP contribution in [0.1, 0.15) is 32.5 Å². The largest absolute Gasteiger partial charge is 0.473 e. The number of H-pyrrole nitrogens is 1. The molecule has 146 valence electrons. The van der Waals surface area contributed by atoms with Crippen molar-refractivity contribution >= 4 is 41.1 Å². The molecule has 2 aliphatic rings. The van der Waals surface area contributed by atoms with Gasteiger partial charge in [0.25, 0.3) is 0 Å². The summed E-state index contributed by atoms with van der Waals surface area (Å²) in [6, 6.07) is 0. The third-order valence-corrected chi connectivity index (χ3v) is 6.87. The lowest BCUT2D eigenvalue weighted by atomic mass is 10.1. The number of carbonyl (C=O) groups excluding carboxylic acids is 1. The normalized spacial score (nSPS) is 18.7. The van der Waals surface area contributed by atoms with Gasteiger partial charge < -0.3 is 4.74 Å². The summed E-state index contributed by atoms with van der Waals surface area (Å²) in [5.41, 5.74) is 0.825. The van der Waals surface area contributed by atoms with Crippen molar-refractivity contribution in [2.75, 3.05) is 24.7 Å². The standard InChI is InChI=1S/C18H25N5O2S2/c1-18(2,27-14-6-9-23(26-3)10-7-14)16(24)20-17-19-15(21-22-17)13-5-4-11-25-12-8-13/h4-5,8,11-12,14H,6-7,9-10H2,1-3H3,(H2,19,20,21,22,24). The molecule has 9 heteroatoms. The summed E-state index contributed by atoms with van der Waals surface area (Å²) < 4.78 is 6.92. The summed E-state index contributed by atoms with van der Waals surface area (Å²) in [5, 5.41) is 10.3. The molecule has 27 heavy (non-hydrogen) atoms. The van der Waals surface area contributed by atoms with Crippen molar-refractivity contribution in [1.29, 1.82) is 0 Å². The van der Waals surface area contributed by atoms with Crippen LogP contribution in [0.2, 0.25) is 0 Å². The summed E-state index contributed by atoms with van der Waals surface area (Å²) in [4.78, 5) is 17.1. The van der Waals surface area contributed by atoms with Crippen molar-refractivity contribution in [3.05, 3.63) is 36.6 Å². The third-order valence-electron chi connectivity index (χ3n) is 4.41. The maximum absolute atomic E-state index is 12.8. The molecule has 2 N–H and O–H groups in total. The molecule has 0 atom stereocenters. The summed E-state index contributed by atoms with van der Waals surface area (Å²) in [5.74, 6) is 0.773. The second-order valence-corrected chi connectivity index (χ2v) is 9.59. The molecule has 0 saturated carbocycles. The second kappa shape index (κ2) is 8.99. The lowest BCUT2D eigenvalue weighted by Crippen LogP contribution is -2.38. The Bertz CT molecular complexity index is 749. The molecular weight excluding hydrogens is 382 g/mol. The van der Waals surface area contributed by atoms with E-state index in [9.17, 15) is 4.79 Å². The van der Waals surface area contributed by atoms with E-state index in [-0.39, 0.29) is 11.9 Å². The Morgan fingerprint density at radius 3 is 2.89 bits per heavy atom. The monoisotopic (exact) mass is 407 g/mol. The topological polar surface area (TPSA) is 83.1 Å². The van der Waals surface area contributed by atoms with Crippen LogP contribution in [0.3, 0.4) is 0 Å². The summed E-state index contributed by atoms with van der Waals surface area (Å²) in [6.45, 7) is 6.06. The minimum Gasteiger partial charge on any atom is -0.473 e. The Kier molecular flexibility index (Phi) is 6.67. The molecule has 3 heterocycles. The van der Waals surface area contributed by atoms with Gasteiger partial charge in [-0.25, -0.2) is 0 Å². The number of rotatable bonds is 6. The van der Waals surface area contributed by atoms with Gasteiger partial charge in [-0.15, -0.1) is 16.9 Å². The first kappa shape index (κ1) is 20.0. The molecule has 0 bridgehead atoms. The number of piperidine rings is 1. The quantitative estimate of drug-likeness (QED) is 0.699. The Morgan fingerprint density at radius 1 is 1.37 bits per heavy atom. The molecule has 1 aromatic heterocycles. The van der Waals surface area contributed by atoms with Gasteiger partial charge in [-0.2, -0.15) is 4.98 Å². The van der Waals surface area contributed by atoms with Gasteiger partial charge in [-0.1, -0.05) is 11.9 Å². The van der Waals surface area contributed by atoms with Crippen LogP contribution in [0, 0.1) is 0 Å². The number of carbonyl (C=O) groups is 1. The average molecular weight is 408 g/mol. The van der Waals surface area contributed by atoms with Crippen LogP contribution in [0.5, 0.6) is 0 Å². The minimum absolute atomic E-state index is 0.0843. The highest BCUT2D eigenvalue weighted by Crippen LogP contribution is 2.35. The highest BCUT2D eigenvalue weighted by Gasteiger charge is 2.33. The van der Waals surface area contributed by atoms with E-state index in [1.54, 1.807) is 48.4 Å². The maximum Gasteiger partial charge on any atom is 0.249 e. The number of hydrogen-bond donors (Lipinski definition) is 2. The zero-order chi connectivity index (χ0) is 19.3. The minimum atomic E-state index is -0.551. The Labute approximate surface area is 168 Å². The first-order chi connectivity index (χ1) is 13.0. The fourth-order valence-corrected chi connectivity index (χ4v) is 4.88. The molecule has 1 amide bonds. The zero-order valence-corrected chi connectivity index (χ0v) is 17.4. The predicted octanol–water partition coefficient (Wildman–Crippen LogP) is 3.44. The molecule has 3 rings (SSSR count). The van der Waals surface area contributed by atoms with E-state index in [1.165, 1.54) is 0 Å². The number of thioether (sulfide) groups is 1. The Balaban J connectivity index is 1.58. The Morgan fingerprint density at radius 2 is 2.15 bits per heavy atom. The van der Waals surface area contributed by atoms with Crippen LogP contribution >= 0.6 is 23.7 Å². The van der Waals surface area contributed by atoms with Gasteiger partial charge in [-0.05, 0) is 51.2 Å². The number of allylic oxidation sites excluding steroid dienone is 4. The Hall–Kier alpha value is -1.71. The molecule has 0 aromatic carbocycles. The fraction of sp³-hybridized carbons (Fsp3) is 0.500. The molecular formula is C18H25N5O2S2. The van der Waals surface area contributed by atoms with E-state index in [1.807, 2.05) is 19.9 Å². The van der Waals surface area contributed by atoms with Crippen molar-refractivity contribution in [2.24, 2.45) is 0 Å². The van der Waals surface area contributed by atoms with E-state index < -0.39 is 4.75 Å². The first-order valence-electron chi connectivity index (χ1n) is 8.88. The van der Waals surface area contributed by atoms with Crippen LogP contribution in [0.25, 0.3) is 5.57 Å². The van der Waals surface area contributed by atoms with Gasteiger partial charge in [0.05, 0.1) is 17.3 Å². The number of hydrogen-bond acceptors (Lipinski definition) is 7. The highest BCUT2D eigenvalue weighted by molar-refractivity contribution is 8.02. The van der Waals surface area contributed by atoms with Gasteiger partial charge >= 0.3 is 0 Å². The number of amides is 1. The van der Waals surface area contributed by atoms with Gasteiger partial charge in [0.2, 0.25) is 11.9 Å². The van der Waals surface area contributed by atoms with Crippen molar-refractivity contribution in [2.45, 2.75) is 36.7 Å². The highest BCUT2D eigenvalue weighted by atomic mass is 32.2. The van der Waals surface area contributed by atoms with E-state index in [0.29, 0.717) is 11.1 Å². The molecule has 1 aromatic rings. The van der Waals surface area contributed by atoms with E-state index in [2.05, 4.69) is 31.1 Å². The average Bonchev–Trinajstić information content (AvgIpc) is 2.94. The van der Waals surface area contributed by atoms with Crippen molar-refractivity contribution in [3.63, 3.8) is 0 Å². The second-order valence-electron chi connectivity index (χ2n) is 6.79. The van der Waals surface area contributed by atoms with Gasteiger partial charge in [0, 0.05) is 23.9 Å². The van der Waals surface area contributed by atoms with Gasteiger partial charge in [0.15, 0.2) is 5.82 Å². The van der Waals surface area contributed by atoms with Crippen molar-refractivity contribution in [3.8, 4) is 0 Å². The molecule has 1 saturated heterocycles. The number of aromatic amines is 1. The van der Waals surface area contributed by atoms with Crippen LogP contribution in [0.15, 0.2) is 30.8 Å². The number of aromatic nitrogens is 3. The number of nitrogens with zero attached hydrogens (tertiary/aromatic N) is 3. The van der Waals surface area contributed by atoms with Gasteiger partial charge in [0.1, 0.15) is 0 Å². The lowest BCUT2D eigenvalue weighted by Gasteiger charge is -2.34. The molecule has 0 spiro atoms. The summed E-state index contributed by atoms with van der Waals surface area (Å²) in [7, 11) is 0. The molecule has 0 aliphatic carbocycles. The first-order valence-corrected chi connectivity index (χ1v) is 10.9. The summed E-state index contributed by atoms with van der Waals surface area (Å²) in [6.07, 6.45) is 12.9. The van der Waals surface area contributed by atoms with Crippen molar-refractivity contribution < 1.29 is 9.53 Å². The summed E-state index contributed by atoms with van der Waals surface area (Å²) >= 11 is 3.53. The molecule has 7 nitrogen and oxygen atoms in total. The molecule has 0 radical (unpaired) electrons. The van der Waals surface area contributed by atoms with Crippen LogP contribution in [0.4, 0.5) is 5.95 Å². The smallest absolute Gasteiger partial charge is 0.249 e. The van der Waals surface area contributed by atoms with Crippen LogP contribution in [-0.4, -0.2) is 54.7 Å². The van der Waals surface area contributed by atoms with Crippen molar-refractivity contribution in [1.82, 2.24) is 19.5 Å². The van der Waals surface area contributed by atoms with Crippen LogP contribution in [-0.2, 0) is 9.53 Å². The number of nitrogens with one attached hydrogen (secondary N) is 2. The zero-order valence-electron chi connectivity index (χ0n) is 15.8.